The molecule has 0 aliphatic heterocycles. The Morgan fingerprint density at radius 2 is 2.13 bits per heavy atom. The molecule has 0 saturated carbocycles. The molecule has 0 radical (unpaired) electrons. The maximum atomic E-state index is 6.10. The van der Waals surface area contributed by atoms with Gasteiger partial charge in [0, 0.05) is 10.7 Å². The summed E-state index contributed by atoms with van der Waals surface area (Å²) in [6.07, 6.45) is 1.02. The Morgan fingerprint density at radius 1 is 1.47 bits per heavy atom. The van der Waals surface area contributed by atoms with Gasteiger partial charge in [-0.15, -0.1) is 0 Å². The van der Waals surface area contributed by atoms with Crippen LogP contribution in [-0.4, -0.2) is 7.11 Å². The molecule has 1 aromatic carbocycles. The quantitative estimate of drug-likeness (QED) is 0.711. The molecule has 84 valence electrons. The Balaban J connectivity index is 3.26. The lowest BCUT2D eigenvalue weighted by Gasteiger charge is -2.28. The molecule has 3 heteroatoms. The van der Waals surface area contributed by atoms with Crippen LogP contribution in [0, 0.1) is 6.92 Å². The van der Waals surface area contributed by atoms with Gasteiger partial charge in [0.15, 0.2) is 0 Å². The first-order chi connectivity index (χ1) is 7.07. The van der Waals surface area contributed by atoms with Crippen molar-refractivity contribution in [2.45, 2.75) is 32.3 Å². The van der Waals surface area contributed by atoms with Gasteiger partial charge in [-0.05, 0) is 27.3 Å². The highest BCUT2D eigenvalue weighted by Crippen LogP contribution is 2.50. The summed E-state index contributed by atoms with van der Waals surface area (Å²) in [5.41, 5.74) is 2.47. The average molecular weight is 245 g/mol. The summed E-state index contributed by atoms with van der Waals surface area (Å²) in [7, 11) is 2.08. The molecule has 1 rings (SSSR count). The summed E-state index contributed by atoms with van der Waals surface area (Å²) in [6, 6.07) is 6.27. The van der Waals surface area contributed by atoms with E-state index in [1.807, 2.05) is 6.07 Å². The van der Waals surface area contributed by atoms with Gasteiger partial charge in [-0.1, -0.05) is 42.8 Å². The predicted molar refractivity (Wildman–Crippen MR) is 69.5 cm³/mol. The Morgan fingerprint density at radius 3 is 2.60 bits per heavy atom. The zero-order valence-electron chi connectivity index (χ0n) is 9.73. The van der Waals surface area contributed by atoms with Gasteiger partial charge in [0.2, 0.25) is 0 Å². The Hall–Kier alpha value is -0.260. The zero-order chi connectivity index (χ0) is 11.5. The first-order valence-corrected chi connectivity index (χ1v) is 7.11. The SMILES string of the molecule is CCC(C)(PCl)c1cc(C)ccc1OC. The van der Waals surface area contributed by atoms with E-state index in [0.29, 0.717) is 7.93 Å². The lowest BCUT2D eigenvalue weighted by atomic mass is 9.95. The number of hydrogen-bond acceptors (Lipinski definition) is 1. The average Bonchev–Trinajstić information content (AvgIpc) is 2.28. The molecule has 1 aromatic rings. The second-order valence-electron chi connectivity index (χ2n) is 3.98. The van der Waals surface area contributed by atoms with Gasteiger partial charge in [-0.3, -0.25) is 0 Å². The number of aryl methyl sites for hydroxylation is 1. The van der Waals surface area contributed by atoms with Gasteiger partial charge in [0.25, 0.3) is 0 Å². The van der Waals surface area contributed by atoms with Gasteiger partial charge in [0.1, 0.15) is 5.75 Å². The standard InChI is InChI=1S/C12H18ClOP/c1-5-12(3,15-13)10-8-9(2)6-7-11(10)14-4/h6-8,15H,5H2,1-4H3. The van der Waals surface area contributed by atoms with E-state index >= 15 is 0 Å². The molecule has 0 spiro atoms. The van der Waals surface area contributed by atoms with Crippen molar-refractivity contribution in [2.75, 3.05) is 7.11 Å². The third-order valence-corrected chi connectivity index (χ3v) is 5.16. The molecule has 0 amide bonds. The maximum Gasteiger partial charge on any atom is 0.123 e. The number of methoxy groups -OCH3 is 1. The van der Waals surface area contributed by atoms with Crippen molar-refractivity contribution < 1.29 is 4.74 Å². The van der Waals surface area contributed by atoms with Crippen LogP contribution in [0.2, 0.25) is 0 Å². The summed E-state index contributed by atoms with van der Waals surface area (Å²) >= 11 is 6.10. The van der Waals surface area contributed by atoms with E-state index in [4.69, 9.17) is 16.0 Å². The fourth-order valence-electron chi connectivity index (χ4n) is 1.56. The van der Waals surface area contributed by atoms with Crippen LogP contribution in [0.4, 0.5) is 0 Å². The van der Waals surface area contributed by atoms with Crippen molar-refractivity contribution in [2.24, 2.45) is 0 Å². The second kappa shape index (κ2) is 5.18. The van der Waals surface area contributed by atoms with E-state index in [2.05, 4.69) is 32.9 Å². The summed E-state index contributed by atoms with van der Waals surface area (Å²) < 4.78 is 5.40. The fraction of sp³-hybridized carbons (Fsp3) is 0.500. The molecule has 0 heterocycles. The van der Waals surface area contributed by atoms with Crippen LogP contribution in [0.5, 0.6) is 5.75 Å². The molecular weight excluding hydrogens is 227 g/mol. The normalized spacial score (nSPS) is 15.5. The van der Waals surface area contributed by atoms with Crippen LogP contribution >= 0.6 is 19.2 Å². The molecule has 0 fully saturated rings. The lowest BCUT2D eigenvalue weighted by Crippen LogP contribution is -2.14. The molecule has 15 heavy (non-hydrogen) atoms. The number of ether oxygens (including phenoxy) is 1. The van der Waals surface area contributed by atoms with E-state index < -0.39 is 0 Å². The first kappa shape index (κ1) is 12.8. The van der Waals surface area contributed by atoms with Gasteiger partial charge < -0.3 is 4.74 Å². The minimum Gasteiger partial charge on any atom is -0.496 e. The van der Waals surface area contributed by atoms with Crippen molar-refractivity contribution in [3.63, 3.8) is 0 Å². The lowest BCUT2D eigenvalue weighted by molar-refractivity contribution is 0.403. The minimum absolute atomic E-state index is 0.0267. The predicted octanol–water partition coefficient (Wildman–Crippen LogP) is 4.46. The highest BCUT2D eigenvalue weighted by molar-refractivity contribution is 7.69. The monoisotopic (exact) mass is 244 g/mol. The second-order valence-corrected chi connectivity index (χ2v) is 5.84. The molecule has 0 aromatic heterocycles. The van der Waals surface area contributed by atoms with Crippen LogP contribution < -0.4 is 4.74 Å². The smallest absolute Gasteiger partial charge is 0.123 e. The van der Waals surface area contributed by atoms with Crippen molar-refractivity contribution in [1.29, 1.82) is 0 Å². The number of benzene rings is 1. The molecule has 0 N–H and O–H groups in total. The summed E-state index contributed by atoms with van der Waals surface area (Å²) in [5.74, 6) is 0.943. The van der Waals surface area contributed by atoms with Gasteiger partial charge in [0.05, 0.1) is 7.11 Å². The minimum atomic E-state index is 0.0267. The molecule has 1 nitrogen and oxygen atoms in total. The van der Waals surface area contributed by atoms with E-state index in [9.17, 15) is 0 Å². The van der Waals surface area contributed by atoms with E-state index in [1.165, 1.54) is 11.1 Å². The molecule has 2 unspecified atom stereocenters. The van der Waals surface area contributed by atoms with Gasteiger partial charge in [-0.2, -0.15) is 0 Å². The highest BCUT2D eigenvalue weighted by Gasteiger charge is 2.27. The third-order valence-electron chi connectivity index (χ3n) is 2.87. The van der Waals surface area contributed by atoms with E-state index in [1.54, 1.807) is 7.11 Å². The molecule has 0 aliphatic rings. The van der Waals surface area contributed by atoms with Crippen molar-refractivity contribution >= 4 is 19.2 Å². The molecule has 0 saturated heterocycles. The van der Waals surface area contributed by atoms with Crippen molar-refractivity contribution in [1.82, 2.24) is 0 Å². The van der Waals surface area contributed by atoms with Gasteiger partial charge in [-0.25, -0.2) is 0 Å². The summed E-state index contributed by atoms with van der Waals surface area (Å²) in [5, 5.41) is 0.0267. The molecule has 2 atom stereocenters. The van der Waals surface area contributed by atoms with Crippen LogP contribution in [0.1, 0.15) is 31.4 Å². The van der Waals surface area contributed by atoms with Crippen molar-refractivity contribution in [3.05, 3.63) is 29.3 Å². The van der Waals surface area contributed by atoms with Crippen LogP contribution in [-0.2, 0) is 5.16 Å². The third kappa shape index (κ3) is 2.65. The number of hydrogen-bond donors (Lipinski definition) is 0. The van der Waals surface area contributed by atoms with Crippen molar-refractivity contribution in [3.8, 4) is 5.75 Å². The summed E-state index contributed by atoms with van der Waals surface area (Å²) in [4.78, 5) is 0. The Bertz CT molecular complexity index is 334. The zero-order valence-corrected chi connectivity index (χ0v) is 11.5. The highest BCUT2D eigenvalue weighted by atomic mass is 35.7. The first-order valence-electron chi connectivity index (χ1n) is 5.10. The van der Waals surface area contributed by atoms with Gasteiger partial charge >= 0.3 is 0 Å². The Kier molecular flexibility index (Phi) is 4.43. The number of halogens is 1. The Labute approximate surface area is 98.7 Å². The van der Waals surface area contributed by atoms with E-state index in [0.717, 1.165) is 12.2 Å². The fourth-order valence-corrected chi connectivity index (χ4v) is 2.70. The largest absolute Gasteiger partial charge is 0.496 e. The van der Waals surface area contributed by atoms with Crippen LogP contribution in [0.25, 0.3) is 0 Å². The topological polar surface area (TPSA) is 9.23 Å². The molecular formula is C12H18ClOP. The molecule has 0 aliphatic carbocycles. The van der Waals surface area contributed by atoms with E-state index in [-0.39, 0.29) is 5.16 Å². The number of rotatable bonds is 4. The van der Waals surface area contributed by atoms with Crippen LogP contribution in [0.3, 0.4) is 0 Å². The van der Waals surface area contributed by atoms with Crippen LogP contribution in [0.15, 0.2) is 18.2 Å². The maximum absolute atomic E-state index is 6.10. The summed E-state index contributed by atoms with van der Waals surface area (Å²) in [6.45, 7) is 6.45. The molecule has 0 bridgehead atoms.